The molecule has 2 rings (SSSR count). The van der Waals surface area contributed by atoms with Gasteiger partial charge in [-0.05, 0) is 18.0 Å². The molecule has 2 aromatic heterocycles. The standard InChI is InChI=1S/C12H13N5O3/c13-17-16-2-1-10(19)11(20)7-3-9-8(6-18)5-15-12(9)14-4-7/h3-6,10-11,19-20H,1-2H2,(H,14,15). The number of pyridine rings is 1. The number of fused-ring (bicyclic) bond motifs is 1. The van der Waals surface area contributed by atoms with E-state index >= 15 is 0 Å². The third-order valence-electron chi connectivity index (χ3n) is 3.01. The van der Waals surface area contributed by atoms with E-state index < -0.39 is 12.2 Å². The summed E-state index contributed by atoms with van der Waals surface area (Å²) in [4.78, 5) is 20.4. The number of carbonyl (C=O) groups excluding carboxylic acids is 1. The van der Waals surface area contributed by atoms with Gasteiger partial charge in [0.05, 0.1) is 6.10 Å². The van der Waals surface area contributed by atoms with Crippen molar-refractivity contribution in [2.24, 2.45) is 5.11 Å². The van der Waals surface area contributed by atoms with Crippen molar-refractivity contribution in [1.29, 1.82) is 0 Å². The highest BCUT2D eigenvalue weighted by Crippen LogP contribution is 2.23. The number of hydrogen-bond donors (Lipinski definition) is 3. The van der Waals surface area contributed by atoms with E-state index in [4.69, 9.17) is 5.53 Å². The molecule has 0 amide bonds. The van der Waals surface area contributed by atoms with Crippen molar-refractivity contribution in [3.05, 3.63) is 40.0 Å². The van der Waals surface area contributed by atoms with Gasteiger partial charge < -0.3 is 15.2 Å². The molecule has 3 N–H and O–H groups in total. The molecule has 0 saturated heterocycles. The number of nitrogens with zero attached hydrogens (tertiary/aromatic N) is 4. The van der Waals surface area contributed by atoms with E-state index in [1.54, 1.807) is 6.07 Å². The van der Waals surface area contributed by atoms with Gasteiger partial charge in [0, 0.05) is 40.4 Å². The van der Waals surface area contributed by atoms with Crippen molar-refractivity contribution in [3.8, 4) is 0 Å². The molecule has 0 aliphatic carbocycles. The number of aliphatic hydroxyl groups excluding tert-OH is 2. The van der Waals surface area contributed by atoms with Crippen LogP contribution in [-0.4, -0.2) is 39.1 Å². The Kier molecular flexibility index (Phi) is 4.31. The van der Waals surface area contributed by atoms with E-state index in [1.165, 1.54) is 12.4 Å². The number of aldehydes is 1. The minimum Gasteiger partial charge on any atom is -0.390 e. The van der Waals surface area contributed by atoms with Crippen molar-refractivity contribution < 1.29 is 15.0 Å². The minimum absolute atomic E-state index is 0.0914. The molecular weight excluding hydrogens is 262 g/mol. The molecule has 0 aliphatic heterocycles. The molecule has 104 valence electrons. The number of azide groups is 1. The summed E-state index contributed by atoms with van der Waals surface area (Å²) in [5, 5.41) is 23.7. The fraction of sp³-hybridized carbons (Fsp3) is 0.333. The number of aliphatic hydroxyl groups is 2. The maximum atomic E-state index is 10.9. The smallest absolute Gasteiger partial charge is 0.152 e. The molecule has 8 heteroatoms. The molecule has 0 aromatic carbocycles. The van der Waals surface area contributed by atoms with E-state index in [9.17, 15) is 15.0 Å². The first-order valence-corrected chi connectivity index (χ1v) is 5.96. The van der Waals surface area contributed by atoms with Gasteiger partial charge in [-0.15, -0.1) is 0 Å². The highest BCUT2D eigenvalue weighted by molar-refractivity contribution is 5.95. The van der Waals surface area contributed by atoms with E-state index in [-0.39, 0.29) is 13.0 Å². The molecule has 2 atom stereocenters. The predicted molar refractivity (Wildman–Crippen MR) is 71.1 cm³/mol. The molecule has 0 bridgehead atoms. The van der Waals surface area contributed by atoms with Crippen molar-refractivity contribution in [2.45, 2.75) is 18.6 Å². The summed E-state index contributed by atoms with van der Waals surface area (Å²) in [6.45, 7) is 0.0914. The molecule has 0 fully saturated rings. The molecule has 2 unspecified atom stereocenters. The SMILES string of the molecule is [N-]=[N+]=NCCC(O)C(O)c1cnc2[nH]cc(C=O)c2c1. The maximum absolute atomic E-state index is 10.9. The monoisotopic (exact) mass is 275 g/mol. The second-order valence-electron chi connectivity index (χ2n) is 4.28. The van der Waals surface area contributed by atoms with Gasteiger partial charge in [-0.1, -0.05) is 5.11 Å². The summed E-state index contributed by atoms with van der Waals surface area (Å²) in [7, 11) is 0. The lowest BCUT2D eigenvalue weighted by molar-refractivity contribution is 0.0149. The molecule has 2 heterocycles. The lowest BCUT2D eigenvalue weighted by Gasteiger charge is -2.17. The zero-order chi connectivity index (χ0) is 14.5. The fourth-order valence-electron chi connectivity index (χ4n) is 1.91. The Morgan fingerprint density at radius 3 is 3.05 bits per heavy atom. The molecule has 0 spiro atoms. The zero-order valence-electron chi connectivity index (χ0n) is 10.5. The first-order valence-electron chi connectivity index (χ1n) is 5.96. The Labute approximate surface area is 113 Å². The van der Waals surface area contributed by atoms with E-state index in [0.29, 0.717) is 28.4 Å². The summed E-state index contributed by atoms with van der Waals surface area (Å²) in [6.07, 6.45) is 1.55. The van der Waals surface area contributed by atoms with Crippen LogP contribution in [0.15, 0.2) is 23.6 Å². The van der Waals surface area contributed by atoms with Crippen LogP contribution >= 0.6 is 0 Å². The van der Waals surface area contributed by atoms with Crippen molar-refractivity contribution in [1.82, 2.24) is 9.97 Å². The van der Waals surface area contributed by atoms with Crippen molar-refractivity contribution in [2.75, 3.05) is 6.54 Å². The van der Waals surface area contributed by atoms with Gasteiger partial charge in [0.15, 0.2) is 6.29 Å². The lowest BCUT2D eigenvalue weighted by Crippen LogP contribution is -2.19. The van der Waals surface area contributed by atoms with Gasteiger partial charge in [-0.2, -0.15) is 0 Å². The number of H-pyrrole nitrogens is 1. The second kappa shape index (κ2) is 6.16. The minimum atomic E-state index is -1.16. The van der Waals surface area contributed by atoms with Gasteiger partial charge in [0.2, 0.25) is 0 Å². The first kappa shape index (κ1) is 14.0. The van der Waals surface area contributed by atoms with Crippen LogP contribution in [0.5, 0.6) is 0 Å². The van der Waals surface area contributed by atoms with Gasteiger partial charge in [0.1, 0.15) is 11.8 Å². The Bertz CT molecular complexity index is 662. The second-order valence-corrected chi connectivity index (χ2v) is 4.28. The van der Waals surface area contributed by atoms with Gasteiger partial charge >= 0.3 is 0 Å². The summed E-state index contributed by atoms with van der Waals surface area (Å²) in [6, 6.07) is 1.60. The van der Waals surface area contributed by atoms with E-state index in [2.05, 4.69) is 20.0 Å². The van der Waals surface area contributed by atoms with Crippen LogP contribution in [0.1, 0.15) is 28.4 Å². The van der Waals surface area contributed by atoms with Crippen molar-refractivity contribution >= 4 is 17.3 Å². The largest absolute Gasteiger partial charge is 0.390 e. The van der Waals surface area contributed by atoms with Crippen LogP contribution in [0.3, 0.4) is 0 Å². The van der Waals surface area contributed by atoms with Crippen LogP contribution in [-0.2, 0) is 0 Å². The van der Waals surface area contributed by atoms with Gasteiger partial charge in [-0.25, -0.2) is 4.98 Å². The predicted octanol–water partition coefficient (Wildman–Crippen LogP) is 1.47. The third kappa shape index (κ3) is 2.77. The lowest BCUT2D eigenvalue weighted by atomic mass is 10.0. The summed E-state index contributed by atoms with van der Waals surface area (Å²) < 4.78 is 0. The van der Waals surface area contributed by atoms with Crippen molar-refractivity contribution in [3.63, 3.8) is 0 Å². The third-order valence-corrected chi connectivity index (χ3v) is 3.01. The average molecular weight is 275 g/mol. The number of rotatable bonds is 6. The molecule has 2 aromatic rings. The van der Waals surface area contributed by atoms with Crippen LogP contribution in [0.4, 0.5) is 0 Å². The Hall–Kier alpha value is -2.41. The number of hydrogen-bond acceptors (Lipinski definition) is 5. The summed E-state index contributed by atoms with van der Waals surface area (Å²) in [5.74, 6) is 0. The number of aromatic nitrogens is 2. The quantitative estimate of drug-likeness (QED) is 0.318. The Morgan fingerprint density at radius 2 is 2.35 bits per heavy atom. The molecule has 0 saturated carbocycles. The molecule has 20 heavy (non-hydrogen) atoms. The number of nitrogens with one attached hydrogen (secondary N) is 1. The van der Waals surface area contributed by atoms with E-state index in [1.807, 2.05) is 0 Å². The van der Waals surface area contributed by atoms with Gasteiger partial charge in [0.25, 0.3) is 0 Å². The summed E-state index contributed by atoms with van der Waals surface area (Å²) in [5.41, 5.74) is 9.52. The summed E-state index contributed by atoms with van der Waals surface area (Å²) >= 11 is 0. The first-order chi connectivity index (χ1) is 9.67. The van der Waals surface area contributed by atoms with Crippen LogP contribution in [0.25, 0.3) is 21.5 Å². The topological polar surface area (TPSA) is 135 Å². The number of carbonyl (C=O) groups is 1. The Morgan fingerprint density at radius 1 is 1.55 bits per heavy atom. The molecular formula is C12H13N5O3. The fourth-order valence-corrected chi connectivity index (χ4v) is 1.91. The van der Waals surface area contributed by atoms with Gasteiger partial charge in [-0.3, -0.25) is 4.79 Å². The number of aromatic amines is 1. The normalized spacial score (nSPS) is 13.7. The highest BCUT2D eigenvalue weighted by atomic mass is 16.3. The maximum Gasteiger partial charge on any atom is 0.152 e. The molecule has 0 radical (unpaired) electrons. The zero-order valence-corrected chi connectivity index (χ0v) is 10.5. The molecule has 0 aliphatic rings. The Balaban J connectivity index is 2.22. The van der Waals surface area contributed by atoms with Crippen LogP contribution in [0.2, 0.25) is 0 Å². The van der Waals surface area contributed by atoms with Crippen LogP contribution < -0.4 is 0 Å². The van der Waals surface area contributed by atoms with E-state index in [0.717, 1.165) is 0 Å². The van der Waals surface area contributed by atoms with Crippen LogP contribution in [0, 0.1) is 0 Å². The molecule has 8 nitrogen and oxygen atoms in total. The highest BCUT2D eigenvalue weighted by Gasteiger charge is 2.19. The average Bonchev–Trinajstić information content (AvgIpc) is 2.88.